The number of hydrogen-bond donors (Lipinski definition) is 2. The SMILES string of the molecule is CC(C)CC(CO)NC(=O)c1cc(Cl)ccc1[N+](=O)[O-]. The van der Waals surface area contributed by atoms with Crippen molar-refractivity contribution in [3.05, 3.63) is 38.9 Å². The lowest BCUT2D eigenvalue weighted by Crippen LogP contribution is -2.38. The summed E-state index contributed by atoms with van der Waals surface area (Å²) in [5.41, 5.74) is -0.419. The number of nitro benzene ring substituents is 1. The van der Waals surface area contributed by atoms with E-state index in [1.165, 1.54) is 18.2 Å². The summed E-state index contributed by atoms with van der Waals surface area (Å²) in [5.74, 6) is -0.333. The maximum absolute atomic E-state index is 12.1. The maximum atomic E-state index is 12.1. The summed E-state index contributed by atoms with van der Waals surface area (Å²) in [4.78, 5) is 22.4. The molecule has 1 amide bonds. The van der Waals surface area contributed by atoms with Gasteiger partial charge in [-0.25, -0.2) is 0 Å². The van der Waals surface area contributed by atoms with E-state index in [0.29, 0.717) is 6.42 Å². The number of halogens is 1. The first-order valence-electron chi connectivity index (χ1n) is 6.20. The van der Waals surface area contributed by atoms with Gasteiger partial charge in [-0.1, -0.05) is 25.4 Å². The van der Waals surface area contributed by atoms with E-state index in [-0.39, 0.29) is 28.8 Å². The van der Waals surface area contributed by atoms with Crippen molar-refractivity contribution in [3.8, 4) is 0 Å². The predicted molar refractivity (Wildman–Crippen MR) is 75.9 cm³/mol. The number of carbonyl (C=O) groups is 1. The van der Waals surface area contributed by atoms with E-state index in [9.17, 15) is 20.0 Å². The van der Waals surface area contributed by atoms with Gasteiger partial charge in [-0.2, -0.15) is 0 Å². The number of aliphatic hydroxyl groups excluding tert-OH is 1. The van der Waals surface area contributed by atoms with Crippen LogP contribution in [0.15, 0.2) is 18.2 Å². The summed E-state index contributed by atoms with van der Waals surface area (Å²) in [6, 6.07) is 3.35. The molecule has 2 N–H and O–H groups in total. The van der Waals surface area contributed by atoms with Crippen LogP contribution in [0, 0.1) is 16.0 Å². The number of aliphatic hydroxyl groups is 1. The number of hydrogen-bond acceptors (Lipinski definition) is 4. The van der Waals surface area contributed by atoms with Crippen molar-refractivity contribution in [1.82, 2.24) is 5.32 Å². The van der Waals surface area contributed by atoms with Crippen molar-refractivity contribution in [1.29, 1.82) is 0 Å². The molecule has 0 bridgehead atoms. The minimum absolute atomic E-state index is 0.107. The Kier molecular flexibility index (Phi) is 5.91. The highest BCUT2D eigenvalue weighted by molar-refractivity contribution is 6.31. The van der Waals surface area contributed by atoms with Crippen molar-refractivity contribution < 1.29 is 14.8 Å². The van der Waals surface area contributed by atoms with Crippen LogP contribution in [0.3, 0.4) is 0 Å². The highest BCUT2D eigenvalue weighted by Crippen LogP contribution is 2.22. The minimum Gasteiger partial charge on any atom is -0.394 e. The number of nitrogens with zero attached hydrogens (tertiary/aromatic N) is 1. The van der Waals surface area contributed by atoms with Crippen molar-refractivity contribution >= 4 is 23.2 Å². The fraction of sp³-hybridized carbons (Fsp3) is 0.462. The second-order valence-electron chi connectivity index (χ2n) is 4.90. The van der Waals surface area contributed by atoms with E-state index in [4.69, 9.17) is 11.6 Å². The molecule has 1 atom stereocenters. The van der Waals surface area contributed by atoms with Crippen molar-refractivity contribution in [2.45, 2.75) is 26.3 Å². The number of benzene rings is 1. The molecule has 0 saturated heterocycles. The normalized spacial score (nSPS) is 12.2. The second kappa shape index (κ2) is 7.21. The third-order valence-electron chi connectivity index (χ3n) is 2.71. The zero-order valence-corrected chi connectivity index (χ0v) is 12.1. The Hall–Kier alpha value is -1.66. The molecule has 0 heterocycles. The third kappa shape index (κ3) is 4.47. The molecule has 110 valence electrons. The molecule has 0 aromatic heterocycles. The van der Waals surface area contributed by atoms with Gasteiger partial charge in [-0.05, 0) is 24.5 Å². The quantitative estimate of drug-likeness (QED) is 0.623. The summed E-state index contributed by atoms with van der Waals surface area (Å²) in [7, 11) is 0. The van der Waals surface area contributed by atoms with Crippen molar-refractivity contribution in [2.24, 2.45) is 5.92 Å². The lowest BCUT2D eigenvalue weighted by molar-refractivity contribution is -0.385. The average Bonchev–Trinajstić information content (AvgIpc) is 2.36. The lowest BCUT2D eigenvalue weighted by atomic mass is 10.0. The van der Waals surface area contributed by atoms with Gasteiger partial charge >= 0.3 is 0 Å². The van der Waals surface area contributed by atoms with Crippen molar-refractivity contribution in [2.75, 3.05) is 6.61 Å². The molecule has 1 aromatic carbocycles. The number of carbonyl (C=O) groups excluding carboxylic acids is 1. The summed E-state index contributed by atoms with van der Waals surface area (Å²) in [6.45, 7) is 3.69. The molecule has 0 saturated carbocycles. The number of rotatable bonds is 6. The minimum atomic E-state index is -0.637. The van der Waals surface area contributed by atoms with Gasteiger partial charge in [0.05, 0.1) is 17.6 Å². The average molecular weight is 301 g/mol. The molecule has 0 spiro atoms. The van der Waals surface area contributed by atoms with Gasteiger partial charge in [0.15, 0.2) is 0 Å². The second-order valence-corrected chi connectivity index (χ2v) is 5.34. The molecule has 1 unspecified atom stereocenters. The fourth-order valence-corrected chi connectivity index (χ4v) is 2.03. The molecule has 0 aliphatic heterocycles. The molecule has 0 radical (unpaired) electrons. The molecule has 1 aromatic rings. The number of nitro groups is 1. The molecule has 6 nitrogen and oxygen atoms in total. The third-order valence-corrected chi connectivity index (χ3v) is 2.95. The van der Waals surface area contributed by atoms with Crippen LogP contribution < -0.4 is 5.32 Å². The van der Waals surface area contributed by atoms with Crippen LogP contribution in [0.25, 0.3) is 0 Å². The topological polar surface area (TPSA) is 92.5 Å². The Morgan fingerprint density at radius 1 is 1.50 bits per heavy atom. The fourth-order valence-electron chi connectivity index (χ4n) is 1.86. The lowest BCUT2D eigenvalue weighted by Gasteiger charge is -2.18. The van der Waals surface area contributed by atoms with Crippen LogP contribution in [0.1, 0.15) is 30.6 Å². The Morgan fingerprint density at radius 3 is 2.65 bits per heavy atom. The number of nitrogens with one attached hydrogen (secondary N) is 1. The maximum Gasteiger partial charge on any atom is 0.282 e. The smallest absolute Gasteiger partial charge is 0.282 e. The first-order chi connectivity index (χ1) is 9.35. The summed E-state index contributed by atoms with van der Waals surface area (Å²) < 4.78 is 0. The van der Waals surface area contributed by atoms with E-state index < -0.39 is 16.9 Å². The zero-order valence-electron chi connectivity index (χ0n) is 11.3. The van der Waals surface area contributed by atoms with E-state index >= 15 is 0 Å². The predicted octanol–water partition coefficient (Wildman–Crippen LogP) is 2.39. The molecule has 0 fully saturated rings. The number of amides is 1. The van der Waals surface area contributed by atoms with Crippen LogP contribution >= 0.6 is 11.6 Å². The highest BCUT2D eigenvalue weighted by atomic mass is 35.5. The monoisotopic (exact) mass is 300 g/mol. The first-order valence-corrected chi connectivity index (χ1v) is 6.58. The van der Waals surface area contributed by atoms with Crippen LogP contribution in [-0.4, -0.2) is 28.6 Å². The van der Waals surface area contributed by atoms with Gasteiger partial charge in [-0.15, -0.1) is 0 Å². The Labute approximate surface area is 121 Å². The largest absolute Gasteiger partial charge is 0.394 e. The Bertz CT molecular complexity index is 505. The molecule has 1 rings (SSSR count). The van der Waals surface area contributed by atoms with E-state index in [0.717, 1.165) is 0 Å². The van der Waals surface area contributed by atoms with Crippen molar-refractivity contribution in [3.63, 3.8) is 0 Å². The van der Waals surface area contributed by atoms with Gasteiger partial charge in [0.25, 0.3) is 11.6 Å². The van der Waals surface area contributed by atoms with E-state index in [1.807, 2.05) is 13.8 Å². The molecule has 0 aliphatic rings. The molecule has 0 aliphatic carbocycles. The zero-order chi connectivity index (χ0) is 15.3. The highest BCUT2D eigenvalue weighted by Gasteiger charge is 2.22. The van der Waals surface area contributed by atoms with Gasteiger partial charge in [-0.3, -0.25) is 14.9 Å². The van der Waals surface area contributed by atoms with E-state index in [2.05, 4.69) is 5.32 Å². The van der Waals surface area contributed by atoms with Crippen LogP contribution in [0.2, 0.25) is 5.02 Å². The van der Waals surface area contributed by atoms with Gasteiger partial charge in [0.1, 0.15) is 5.56 Å². The molecular formula is C13H17ClN2O4. The molecular weight excluding hydrogens is 284 g/mol. The Morgan fingerprint density at radius 2 is 2.15 bits per heavy atom. The van der Waals surface area contributed by atoms with Crippen LogP contribution in [-0.2, 0) is 0 Å². The molecule has 20 heavy (non-hydrogen) atoms. The summed E-state index contributed by atoms with van der Waals surface area (Å²) in [5, 5.41) is 23.0. The molecule has 7 heteroatoms. The van der Waals surface area contributed by atoms with Crippen LogP contribution in [0.5, 0.6) is 0 Å². The Balaban J connectivity index is 2.96. The van der Waals surface area contributed by atoms with Gasteiger partial charge in [0, 0.05) is 11.1 Å². The van der Waals surface area contributed by atoms with Gasteiger partial charge < -0.3 is 10.4 Å². The van der Waals surface area contributed by atoms with E-state index in [1.54, 1.807) is 0 Å². The summed E-state index contributed by atoms with van der Waals surface area (Å²) in [6.07, 6.45) is 0.580. The standard InChI is InChI=1S/C13H17ClN2O4/c1-8(2)5-10(7-17)15-13(18)11-6-9(14)3-4-12(11)16(19)20/h3-4,6,8,10,17H,5,7H2,1-2H3,(H,15,18). The van der Waals surface area contributed by atoms with Gasteiger partial charge in [0.2, 0.25) is 0 Å². The summed E-state index contributed by atoms with van der Waals surface area (Å²) >= 11 is 5.77. The van der Waals surface area contributed by atoms with Crippen LogP contribution in [0.4, 0.5) is 5.69 Å². The first kappa shape index (κ1) is 16.4.